The van der Waals surface area contributed by atoms with Gasteiger partial charge in [-0.3, -0.25) is 9.52 Å². The number of aliphatic carboxylic acids is 1. The fraction of sp³-hybridized carbons (Fsp3) is 0.364. The number of anilines is 1. The van der Waals surface area contributed by atoms with Crippen LogP contribution < -0.4 is 4.72 Å². The Labute approximate surface area is 101 Å². The third-order valence-corrected chi connectivity index (χ3v) is 3.51. The standard InChI is InChI=1S/C11H15NO4S/c1-2-17(15,16)12-10-5-3-4-9(8-10)6-7-11(13)14/h3-5,8,12H,2,6-7H2,1H3,(H,13,14). The Morgan fingerprint density at radius 3 is 2.71 bits per heavy atom. The summed E-state index contributed by atoms with van der Waals surface area (Å²) in [6.07, 6.45) is 0.418. The zero-order valence-corrected chi connectivity index (χ0v) is 10.3. The van der Waals surface area contributed by atoms with Gasteiger partial charge >= 0.3 is 5.97 Å². The van der Waals surface area contributed by atoms with E-state index < -0.39 is 16.0 Å². The van der Waals surface area contributed by atoms with E-state index in [0.717, 1.165) is 5.56 Å². The average molecular weight is 257 g/mol. The summed E-state index contributed by atoms with van der Waals surface area (Å²) in [4.78, 5) is 10.4. The van der Waals surface area contributed by atoms with Crippen LogP contribution in [-0.4, -0.2) is 25.2 Å². The lowest BCUT2D eigenvalue weighted by Gasteiger charge is -2.07. The number of hydrogen-bond acceptors (Lipinski definition) is 3. The second kappa shape index (κ2) is 5.67. The molecule has 0 saturated heterocycles. The first-order valence-electron chi connectivity index (χ1n) is 5.24. The highest BCUT2D eigenvalue weighted by Gasteiger charge is 2.07. The molecule has 0 bridgehead atoms. The van der Waals surface area contributed by atoms with Crippen LogP contribution in [0, 0.1) is 0 Å². The number of carbonyl (C=O) groups is 1. The maximum absolute atomic E-state index is 11.3. The van der Waals surface area contributed by atoms with Gasteiger partial charge in [-0.15, -0.1) is 0 Å². The van der Waals surface area contributed by atoms with E-state index in [1.807, 2.05) is 0 Å². The third kappa shape index (κ3) is 4.86. The van der Waals surface area contributed by atoms with Crippen molar-refractivity contribution in [2.75, 3.05) is 10.5 Å². The van der Waals surface area contributed by atoms with E-state index in [4.69, 9.17) is 5.11 Å². The molecule has 2 N–H and O–H groups in total. The number of hydrogen-bond donors (Lipinski definition) is 2. The van der Waals surface area contributed by atoms with Crippen LogP contribution in [0.15, 0.2) is 24.3 Å². The van der Waals surface area contributed by atoms with E-state index in [2.05, 4.69) is 4.72 Å². The van der Waals surface area contributed by atoms with Crippen LogP contribution in [0.4, 0.5) is 5.69 Å². The maximum atomic E-state index is 11.3. The van der Waals surface area contributed by atoms with Gasteiger partial charge in [-0.2, -0.15) is 0 Å². The molecule has 0 amide bonds. The van der Waals surface area contributed by atoms with Gasteiger partial charge in [-0.1, -0.05) is 12.1 Å². The summed E-state index contributed by atoms with van der Waals surface area (Å²) >= 11 is 0. The van der Waals surface area contributed by atoms with E-state index >= 15 is 0 Å². The Bertz CT molecular complexity index is 496. The molecule has 0 aliphatic heterocycles. The van der Waals surface area contributed by atoms with Gasteiger partial charge in [0.25, 0.3) is 0 Å². The molecule has 1 rings (SSSR count). The molecule has 0 unspecified atom stereocenters. The summed E-state index contributed by atoms with van der Waals surface area (Å²) in [5.41, 5.74) is 1.26. The second-order valence-electron chi connectivity index (χ2n) is 3.60. The first-order valence-corrected chi connectivity index (χ1v) is 6.89. The molecule has 17 heavy (non-hydrogen) atoms. The van der Waals surface area contributed by atoms with E-state index in [1.165, 1.54) is 0 Å². The lowest BCUT2D eigenvalue weighted by atomic mass is 10.1. The van der Waals surface area contributed by atoms with Crippen molar-refractivity contribution < 1.29 is 18.3 Å². The van der Waals surface area contributed by atoms with Crippen molar-refractivity contribution in [1.82, 2.24) is 0 Å². The first-order chi connectivity index (χ1) is 7.93. The zero-order valence-electron chi connectivity index (χ0n) is 9.51. The first kappa shape index (κ1) is 13.5. The lowest BCUT2D eigenvalue weighted by molar-refractivity contribution is -0.136. The van der Waals surface area contributed by atoms with Crippen molar-refractivity contribution in [3.05, 3.63) is 29.8 Å². The van der Waals surface area contributed by atoms with Gasteiger partial charge in [-0.05, 0) is 31.0 Å². The maximum Gasteiger partial charge on any atom is 0.303 e. The Kier molecular flexibility index (Phi) is 4.51. The minimum absolute atomic E-state index is 0.00630. The molecule has 5 nitrogen and oxygen atoms in total. The summed E-state index contributed by atoms with van der Waals surface area (Å²) in [5.74, 6) is -0.864. The average Bonchev–Trinajstić information content (AvgIpc) is 2.26. The molecule has 0 heterocycles. The zero-order chi connectivity index (χ0) is 12.9. The summed E-state index contributed by atoms with van der Waals surface area (Å²) < 4.78 is 25.1. The molecule has 0 spiro atoms. The van der Waals surface area contributed by atoms with Gasteiger partial charge in [0.05, 0.1) is 5.75 Å². The summed E-state index contributed by atoms with van der Waals surface area (Å²) in [5, 5.41) is 8.56. The summed E-state index contributed by atoms with van der Waals surface area (Å²) in [7, 11) is -3.29. The van der Waals surface area contributed by atoms with Crippen LogP contribution >= 0.6 is 0 Å². The number of carboxylic acids is 1. The van der Waals surface area contributed by atoms with Crippen molar-refractivity contribution in [2.45, 2.75) is 19.8 Å². The topological polar surface area (TPSA) is 83.5 Å². The number of nitrogens with one attached hydrogen (secondary N) is 1. The largest absolute Gasteiger partial charge is 0.481 e. The Morgan fingerprint density at radius 2 is 2.12 bits per heavy atom. The predicted octanol–water partition coefficient (Wildman–Crippen LogP) is 1.47. The van der Waals surface area contributed by atoms with Gasteiger partial charge in [0.15, 0.2) is 0 Å². The molecule has 94 valence electrons. The van der Waals surface area contributed by atoms with E-state index in [1.54, 1.807) is 31.2 Å². The van der Waals surface area contributed by atoms with Crippen molar-refractivity contribution in [2.24, 2.45) is 0 Å². The van der Waals surface area contributed by atoms with Gasteiger partial charge < -0.3 is 5.11 Å². The van der Waals surface area contributed by atoms with Gasteiger partial charge in [-0.25, -0.2) is 8.42 Å². The fourth-order valence-corrected chi connectivity index (χ4v) is 1.92. The molecular formula is C11H15NO4S. The van der Waals surface area contributed by atoms with Crippen molar-refractivity contribution in [1.29, 1.82) is 0 Å². The predicted molar refractivity (Wildman–Crippen MR) is 65.5 cm³/mol. The van der Waals surface area contributed by atoms with E-state index in [-0.39, 0.29) is 12.2 Å². The van der Waals surface area contributed by atoms with Gasteiger partial charge in [0.1, 0.15) is 0 Å². The van der Waals surface area contributed by atoms with Crippen LogP contribution in [0.2, 0.25) is 0 Å². The minimum Gasteiger partial charge on any atom is -0.481 e. The van der Waals surface area contributed by atoms with Crippen molar-refractivity contribution in [3.8, 4) is 0 Å². The smallest absolute Gasteiger partial charge is 0.303 e. The van der Waals surface area contributed by atoms with E-state index in [9.17, 15) is 13.2 Å². The van der Waals surface area contributed by atoms with Crippen molar-refractivity contribution >= 4 is 21.7 Å². The molecule has 0 saturated carbocycles. The van der Waals surface area contributed by atoms with Crippen molar-refractivity contribution in [3.63, 3.8) is 0 Å². The molecule has 1 aromatic rings. The Balaban J connectivity index is 2.76. The molecule has 0 aliphatic rings. The second-order valence-corrected chi connectivity index (χ2v) is 5.61. The normalized spacial score (nSPS) is 11.1. The van der Waals surface area contributed by atoms with Crippen LogP contribution in [0.25, 0.3) is 0 Å². The number of carboxylic acid groups (broad SMARTS) is 1. The molecule has 0 aromatic heterocycles. The number of sulfonamides is 1. The third-order valence-electron chi connectivity index (χ3n) is 2.21. The molecule has 0 radical (unpaired) electrons. The molecule has 0 fully saturated rings. The lowest BCUT2D eigenvalue weighted by Crippen LogP contribution is -2.14. The van der Waals surface area contributed by atoms with Gasteiger partial charge in [0.2, 0.25) is 10.0 Å². The summed E-state index contributed by atoms with van der Waals surface area (Å²) in [6, 6.07) is 6.75. The number of benzene rings is 1. The number of rotatable bonds is 6. The highest BCUT2D eigenvalue weighted by atomic mass is 32.2. The van der Waals surface area contributed by atoms with E-state index in [0.29, 0.717) is 12.1 Å². The van der Waals surface area contributed by atoms with Crippen LogP contribution in [-0.2, 0) is 21.2 Å². The minimum atomic E-state index is -3.29. The van der Waals surface area contributed by atoms with Gasteiger partial charge in [0, 0.05) is 12.1 Å². The highest BCUT2D eigenvalue weighted by Crippen LogP contribution is 2.13. The molecule has 6 heteroatoms. The molecular weight excluding hydrogens is 242 g/mol. The Morgan fingerprint density at radius 1 is 1.41 bits per heavy atom. The molecule has 0 aliphatic carbocycles. The molecule has 0 atom stereocenters. The monoisotopic (exact) mass is 257 g/mol. The van der Waals surface area contributed by atoms with Crippen LogP contribution in [0.5, 0.6) is 0 Å². The summed E-state index contributed by atoms with van der Waals surface area (Å²) in [6.45, 7) is 1.55. The Hall–Kier alpha value is -1.56. The number of aryl methyl sites for hydroxylation is 1. The quantitative estimate of drug-likeness (QED) is 0.808. The highest BCUT2D eigenvalue weighted by molar-refractivity contribution is 7.92. The SMILES string of the molecule is CCS(=O)(=O)Nc1cccc(CCC(=O)O)c1. The van der Waals surface area contributed by atoms with Crippen LogP contribution in [0.1, 0.15) is 18.9 Å². The molecule has 1 aromatic carbocycles. The van der Waals surface area contributed by atoms with Crippen LogP contribution in [0.3, 0.4) is 0 Å². The fourth-order valence-electron chi connectivity index (χ4n) is 1.29.